The molecule has 2 rings (SSSR count). The van der Waals surface area contributed by atoms with E-state index in [-0.39, 0.29) is 24.5 Å². The van der Waals surface area contributed by atoms with Crippen LogP contribution >= 0.6 is 0 Å². The van der Waals surface area contributed by atoms with Crippen molar-refractivity contribution in [3.05, 3.63) is 29.8 Å². The quantitative estimate of drug-likeness (QED) is 0.605. The van der Waals surface area contributed by atoms with Crippen molar-refractivity contribution in [1.29, 1.82) is 0 Å². The van der Waals surface area contributed by atoms with Crippen LogP contribution in [0.5, 0.6) is 5.75 Å². The molecule has 0 amide bonds. The van der Waals surface area contributed by atoms with Gasteiger partial charge in [0.2, 0.25) is 0 Å². The minimum absolute atomic E-state index is 0.0287. The molecule has 1 fully saturated rings. The Balaban J connectivity index is 1.82. The van der Waals surface area contributed by atoms with E-state index in [1.165, 1.54) is 6.92 Å². The molecule has 4 heteroatoms. The van der Waals surface area contributed by atoms with Crippen LogP contribution in [-0.2, 0) is 9.53 Å². The Kier molecular flexibility index (Phi) is 4.55. The highest BCUT2D eigenvalue weighted by Crippen LogP contribution is 2.21. The summed E-state index contributed by atoms with van der Waals surface area (Å²) in [5.41, 5.74) is 0.571. The molecule has 102 valence electrons. The van der Waals surface area contributed by atoms with Crippen molar-refractivity contribution in [3.63, 3.8) is 0 Å². The minimum atomic E-state index is -0.347. The van der Waals surface area contributed by atoms with Crippen LogP contribution in [0.15, 0.2) is 24.3 Å². The molecule has 0 spiro atoms. The number of hydrogen-bond donors (Lipinski definition) is 0. The maximum Gasteiger partial charge on any atom is 0.344 e. The van der Waals surface area contributed by atoms with Gasteiger partial charge in [0.15, 0.2) is 12.4 Å². The summed E-state index contributed by atoms with van der Waals surface area (Å²) in [6.07, 6.45) is 4.20. The summed E-state index contributed by atoms with van der Waals surface area (Å²) in [6, 6.07) is 6.79. The SMILES string of the molecule is CC(=O)c1cccc(OCC(=O)OC2CCCC2)c1. The van der Waals surface area contributed by atoms with Gasteiger partial charge in [0.05, 0.1) is 0 Å². The predicted molar refractivity (Wildman–Crippen MR) is 70.3 cm³/mol. The van der Waals surface area contributed by atoms with E-state index in [0.29, 0.717) is 11.3 Å². The van der Waals surface area contributed by atoms with Gasteiger partial charge in [0, 0.05) is 5.56 Å². The lowest BCUT2D eigenvalue weighted by molar-refractivity contribution is -0.151. The highest BCUT2D eigenvalue weighted by atomic mass is 16.6. The molecular weight excluding hydrogens is 244 g/mol. The van der Waals surface area contributed by atoms with Gasteiger partial charge in [-0.15, -0.1) is 0 Å². The summed E-state index contributed by atoms with van der Waals surface area (Å²) in [5.74, 6) is 0.134. The van der Waals surface area contributed by atoms with Crippen LogP contribution in [0.4, 0.5) is 0 Å². The van der Waals surface area contributed by atoms with Gasteiger partial charge in [-0.25, -0.2) is 4.79 Å². The average Bonchev–Trinajstić information content (AvgIpc) is 2.89. The van der Waals surface area contributed by atoms with Crippen LogP contribution in [0.2, 0.25) is 0 Å². The van der Waals surface area contributed by atoms with Crippen molar-refractivity contribution in [3.8, 4) is 5.75 Å². The number of Topliss-reactive ketones (excluding diaryl/α,β-unsaturated/α-hetero) is 1. The van der Waals surface area contributed by atoms with E-state index in [9.17, 15) is 9.59 Å². The number of carbonyl (C=O) groups excluding carboxylic acids is 2. The standard InChI is InChI=1S/C15H18O4/c1-11(16)12-5-4-8-14(9-12)18-10-15(17)19-13-6-2-3-7-13/h4-5,8-9,13H,2-3,6-7,10H2,1H3. The average molecular weight is 262 g/mol. The first-order chi connectivity index (χ1) is 9.15. The van der Waals surface area contributed by atoms with Gasteiger partial charge in [0.1, 0.15) is 11.9 Å². The highest BCUT2D eigenvalue weighted by molar-refractivity contribution is 5.94. The molecule has 1 aromatic carbocycles. The topological polar surface area (TPSA) is 52.6 Å². The van der Waals surface area contributed by atoms with Crippen LogP contribution in [0.1, 0.15) is 43.0 Å². The molecule has 0 saturated heterocycles. The molecule has 1 aliphatic carbocycles. The van der Waals surface area contributed by atoms with Crippen molar-refractivity contribution < 1.29 is 19.1 Å². The Morgan fingerprint density at radius 1 is 1.26 bits per heavy atom. The fraction of sp³-hybridized carbons (Fsp3) is 0.467. The molecule has 0 aromatic heterocycles. The Morgan fingerprint density at radius 2 is 2.00 bits per heavy atom. The van der Waals surface area contributed by atoms with Crippen molar-refractivity contribution in [2.75, 3.05) is 6.61 Å². The van der Waals surface area contributed by atoms with E-state index >= 15 is 0 Å². The fourth-order valence-electron chi connectivity index (χ4n) is 2.17. The Morgan fingerprint density at radius 3 is 2.68 bits per heavy atom. The first-order valence-electron chi connectivity index (χ1n) is 6.58. The third-order valence-electron chi connectivity index (χ3n) is 3.20. The van der Waals surface area contributed by atoms with Gasteiger partial charge in [-0.3, -0.25) is 4.79 Å². The van der Waals surface area contributed by atoms with Crippen LogP contribution in [-0.4, -0.2) is 24.5 Å². The van der Waals surface area contributed by atoms with Crippen molar-refractivity contribution in [2.45, 2.75) is 38.7 Å². The molecule has 0 aliphatic heterocycles. The van der Waals surface area contributed by atoms with Crippen LogP contribution in [0, 0.1) is 0 Å². The first-order valence-corrected chi connectivity index (χ1v) is 6.58. The number of ketones is 1. The molecule has 0 unspecified atom stereocenters. The van der Waals surface area contributed by atoms with E-state index in [1.807, 2.05) is 0 Å². The van der Waals surface area contributed by atoms with E-state index < -0.39 is 0 Å². The number of hydrogen-bond acceptors (Lipinski definition) is 4. The Hall–Kier alpha value is -1.84. The smallest absolute Gasteiger partial charge is 0.344 e. The Bertz CT molecular complexity index is 461. The van der Waals surface area contributed by atoms with E-state index in [4.69, 9.17) is 9.47 Å². The van der Waals surface area contributed by atoms with Gasteiger partial charge in [-0.2, -0.15) is 0 Å². The second-order valence-corrected chi connectivity index (χ2v) is 4.77. The summed E-state index contributed by atoms with van der Waals surface area (Å²) >= 11 is 0. The maximum absolute atomic E-state index is 11.6. The number of ether oxygens (including phenoxy) is 2. The third kappa shape index (κ3) is 4.09. The van der Waals surface area contributed by atoms with Crippen LogP contribution in [0.25, 0.3) is 0 Å². The van der Waals surface area contributed by atoms with Gasteiger partial charge in [-0.1, -0.05) is 12.1 Å². The zero-order valence-corrected chi connectivity index (χ0v) is 11.1. The minimum Gasteiger partial charge on any atom is -0.482 e. The van der Waals surface area contributed by atoms with Crippen molar-refractivity contribution in [2.24, 2.45) is 0 Å². The van der Waals surface area contributed by atoms with E-state index in [1.54, 1.807) is 24.3 Å². The Labute approximate surface area is 112 Å². The summed E-state index contributed by atoms with van der Waals surface area (Å²) in [7, 11) is 0. The summed E-state index contributed by atoms with van der Waals surface area (Å²) in [6.45, 7) is 1.38. The second-order valence-electron chi connectivity index (χ2n) is 4.77. The van der Waals surface area contributed by atoms with E-state index in [0.717, 1.165) is 25.7 Å². The number of carbonyl (C=O) groups is 2. The number of rotatable bonds is 5. The van der Waals surface area contributed by atoms with Gasteiger partial charge in [-0.05, 0) is 44.7 Å². The molecule has 1 aromatic rings. The third-order valence-corrected chi connectivity index (χ3v) is 3.20. The summed E-state index contributed by atoms with van der Waals surface area (Å²) in [5, 5.41) is 0. The molecule has 4 nitrogen and oxygen atoms in total. The van der Waals surface area contributed by atoms with Crippen LogP contribution < -0.4 is 4.74 Å². The molecule has 19 heavy (non-hydrogen) atoms. The van der Waals surface area contributed by atoms with Gasteiger partial charge < -0.3 is 9.47 Å². The molecule has 1 saturated carbocycles. The van der Waals surface area contributed by atoms with Gasteiger partial charge in [0.25, 0.3) is 0 Å². The zero-order valence-electron chi connectivity index (χ0n) is 11.1. The normalized spacial score (nSPS) is 15.2. The fourth-order valence-corrected chi connectivity index (χ4v) is 2.17. The number of benzene rings is 1. The monoisotopic (exact) mass is 262 g/mol. The first kappa shape index (κ1) is 13.6. The molecule has 0 atom stereocenters. The van der Waals surface area contributed by atoms with Gasteiger partial charge >= 0.3 is 5.97 Å². The van der Waals surface area contributed by atoms with E-state index in [2.05, 4.69) is 0 Å². The lowest BCUT2D eigenvalue weighted by atomic mass is 10.1. The summed E-state index contributed by atoms with van der Waals surface area (Å²) in [4.78, 5) is 22.8. The lowest BCUT2D eigenvalue weighted by Gasteiger charge is -2.12. The summed E-state index contributed by atoms with van der Waals surface area (Å²) < 4.78 is 10.6. The lowest BCUT2D eigenvalue weighted by Crippen LogP contribution is -2.20. The predicted octanol–water partition coefficient (Wildman–Crippen LogP) is 2.75. The zero-order chi connectivity index (χ0) is 13.7. The largest absolute Gasteiger partial charge is 0.482 e. The van der Waals surface area contributed by atoms with Crippen molar-refractivity contribution in [1.82, 2.24) is 0 Å². The molecule has 0 bridgehead atoms. The molecular formula is C15H18O4. The molecule has 0 radical (unpaired) electrons. The molecule has 0 N–H and O–H groups in total. The second kappa shape index (κ2) is 6.36. The number of esters is 1. The molecule has 0 heterocycles. The van der Waals surface area contributed by atoms with Crippen LogP contribution in [0.3, 0.4) is 0 Å². The van der Waals surface area contributed by atoms with Crippen molar-refractivity contribution >= 4 is 11.8 Å². The highest BCUT2D eigenvalue weighted by Gasteiger charge is 2.19. The maximum atomic E-state index is 11.6. The molecule has 1 aliphatic rings.